The van der Waals surface area contributed by atoms with Gasteiger partial charge in [-0.25, -0.2) is 4.98 Å². The first kappa shape index (κ1) is 16.1. The molecule has 1 saturated heterocycles. The molecule has 0 N–H and O–H groups in total. The van der Waals surface area contributed by atoms with Crippen molar-refractivity contribution in [2.75, 3.05) is 26.2 Å². The van der Waals surface area contributed by atoms with Gasteiger partial charge in [0, 0.05) is 55.7 Å². The highest BCUT2D eigenvalue weighted by molar-refractivity contribution is 6.30. The molecule has 1 aromatic carbocycles. The second kappa shape index (κ2) is 6.86. The number of aromatic nitrogens is 2. The summed E-state index contributed by atoms with van der Waals surface area (Å²) in [6.45, 7) is 3.94. The summed E-state index contributed by atoms with van der Waals surface area (Å²) in [6, 6.07) is 13.1. The van der Waals surface area contributed by atoms with Gasteiger partial charge in [0.1, 0.15) is 5.65 Å². The lowest BCUT2D eigenvalue weighted by Crippen LogP contribution is -2.48. The van der Waals surface area contributed by atoms with Crippen molar-refractivity contribution in [3.05, 3.63) is 71.1 Å². The van der Waals surface area contributed by atoms with Gasteiger partial charge in [0.25, 0.3) is 5.91 Å². The van der Waals surface area contributed by atoms with Gasteiger partial charge < -0.3 is 9.30 Å². The molecule has 1 aliphatic rings. The number of benzene rings is 1. The van der Waals surface area contributed by atoms with Crippen molar-refractivity contribution >= 4 is 23.2 Å². The highest BCUT2D eigenvalue weighted by atomic mass is 35.5. The Bertz CT molecular complexity index is 866. The highest BCUT2D eigenvalue weighted by Crippen LogP contribution is 2.15. The maximum atomic E-state index is 12.6. The summed E-state index contributed by atoms with van der Waals surface area (Å²) >= 11 is 5.99. The van der Waals surface area contributed by atoms with E-state index in [4.69, 9.17) is 11.6 Å². The number of hydrogen-bond donors (Lipinski definition) is 0. The van der Waals surface area contributed by atoms with Crippen LogP contribution in [0.2, 0.25) is 5.02 Å². The van der Waals surface area contributed by atoms with Crippen LogP contribution in [-0.2, 0) is 6.54 Å². The van der Waals surface area contributed by atoms with Crippen LogP contribution in [0.15, 0.2) is 54.9 Å². The van der Waals surface area contributed by atoms with Crippen molar-refractivity contribution in [3.8, 4) is 0 Å². The van der Waals surface area contributed by atoms with E-state index in [1.807, 2.05) is 45.8 Å². The summed E-state index contributed by atoms with van der Waals surface area (Å²) in [5.41, 5.74) is 2.68. The molecule has 0 unspecified atom stereocenters. The third-order valence-electron chi connectivity index (χ3n) is 4.53. The second-order valence-electron chi connectivity index (χ2n) is 6.28. The fourth-order valence-electron chi connectivity index (χ4n) is 3.21. The van der Waals surface area contributed by atoms with Crippen molar-refractivity contribution in [1.29, 1.82) is 0 Å². The Morgan fingerprint density at radius 3 is 2.68 bits per heavy atom. The number of carbonyl (C=O) groups excluding carboxylic acids is 1. The number of piperazine rings is 1. The molecule has 1 aliphatic heterocycles. The fraction of sp³-hybridized carbons (Fsp3) is 0.263. The molecule has 1 fully saturated rings. The van der Waals surface area contributed by atoms with Gasteiger partial charge in [-0.05, 0) is 30.3 Å². The Hall–Kier alpha value is -2.37. The topological polar surface area (TPSA) is 40.9 Å². The van der Waals surface area contributed by atoms with Crippen molar-refractivity contribution in [3.63, 3.8) is 0 Å². The van der Waals surface area contributed by atoms with Crippen LogP contribution in [0.1, 0.15) is 16.1 Å². The maximum absolute atomic E-state index is 12.6. The van der Waals surface area contributed by atoms with Gasteiger partial charge in [-0.1, -0.05) is 23.7 Å². The molecule has 0 radical (unpaired) electrons. The van der Waals surface area contributed by atoms with Crippen LogP contribution in [0.25, 0.3) is 5.65 Å². The molecule has 2 aromatic heterocycles. The van der Waals surface area contributed by atoms with Gasteiger partial charge in [-0.3, -0.25) is 9.69 Å². The predicted molar refractivity (Wildman–Crippen MR) is 97.8 cm³/mol. The molecule has 4 rings (SSSR count). The zero-order chi connectivity index (χ0) is 17.2. The number of fused-ring (bicyclic) bond motifs is 1. The van der Waals surface area contributed by atoms with E-state index in [9.17, 15) is 4.79 Å². The zero-order valence-corrected chi connectivity index (χ0v) is 14.6. The summed E-state index contributed by atoms with van der Waals surface area (Å²) in [4.78, 5) is 21.4. The molecule has 1 amide bonds. The number of rotatable bonds is 3. The zero-order valence-electron chi connectivity index (χ0n) is 13.8. The first-order valence-corrected chi connectivity index (χ1v) is 8.77. The molecule has 128 valence electrons. The van der Waals surface area contributed by atoms with Gasteiger partial charge >= 0.3 is 0 Å². The standard InChI is InChI=1S/C19H19ClN4O/c20-16-5-3-4-15(12-16)19(25)23-10-8-22(9-11-23)13-17-14-24-7-2-1-6-18(24)21-17/h1-7,12,14H,8-11,13H2. The molecule has 0 bridgehead atoms. The third-order valence-corrected chi connectivity index (χ3v) is 4.77. The Morgan fingerprint density at radius 1 is 1.08 bits per heavy atom. The normalized spacial score (nSPS) is 15.6. The van der Waals surface area contributed by atoms with Crippen LogP contribution >= 0.6 is 11.6 Å². The quantitative estimate of drug-likeness (QED) is 0.726. The Balaban J connectivity index is 1.37. The van der Waals surface area contributed by atoms with Gasteiger partial charge in [0.05, 0.1) is 5.69 Å². The molecule has 6 heteroatoms. The molecule has 25 heavy (non-hydrogen) atoms. The number of halogens is 1. The van der Waals surface area contributed by atoms with Crippen LogP contribution in [0, 0.1) is 0 Å². The fourth-order valence-corrected chi connectivity index (χ4v) is 3.40. The predicted octanol–water partition coefficient (Wildman–Crippen LogP) is 2.95. The number of carbonyl (C=O) groups is 1. The van der Waals surface area contributed by atoms with E-state index in [2.05, 4.69) is 16.1 Å². The van der Waals surface area contributed by atoms with Crippen molar-refractivity contribution in [2.24, 2.45) is 0 Å². The number of pyridine rings is 1. The van der Waals surface area contributed by atoms with E-state index in [1.165, 1.54) is 0 Å². The smallest absolute Gasteiger partial charge is 0.253 e. The lowest BCUT2D eigenvalue weighted by Gasteiger charge is -2.34. The molecule has 0 atom stereocenters. The van der Waals surface area contributed by atoms with Crippen LogP contribution in [0.3, 0.4) is 0 Å². The Kier molecular flexibility index (Phi) is 4.42. The first-order chi connectivity index (χ1) is 12.2. The molecular weight excluding hydrogens is 336 g/mol. The maximum Gasteiger partial charge on any atom is 0.253 e. The van der Waals surface area contributed by atoms with Crippen LogP contribution in [0.4, 0.5) is 0 Å². The van der Waals surface area contributed by atoms with Crippen LogP contribution in [0.5, 0.6) is 0 Å². The van der Waals surface area contributed by atoms with E-state index in [-0.39, 0.29) is 5.91 Å². The monoisotopic (exact) mass is 354 g/mol. The van der Waals surface area contributed by atoms with E-state index in [0.29, 0.717) is 10.6 Å². The van der Waals surface area contributed by atoms with E-state index < -0.39 is 0 Å². The van der Waals surface area contributed by atoms with Gasteiger partial charge in [0.15, 0.2) is 0 Å². The van der Waals surface area contributed by atoms with Gasteiger partial charge in [0.2, 0.25) is 0 Å². The summed E-state index contributed by atoms with van der Waals surface area (Å²) in [5.74, 6) is 0.0508. The Morgan fingerprint density at radius 2 is 1.92 bits per heavy atom. The minimum Gasteiger partial charge on any atom is -0.336 e. The highest BCUT2D eigenvalue weighted by Gasteiger charge is 2.22. The van der Waals surface area contributed by atoms with E-state index in [0.717, 1.165) is 44.1 Å². The third kappa shape index (κ3) is 3.52. The molecule has 5 nitrogen and oxygen atoms in total. The van der Waals surface area contributed by atoms with Crippen LogP contribution in [-0.4, -0.2) is 51.3 Å². The second-order valence-corrected chi connectivity index (χ2v) is 6.71. The van der Waals surface area contributed by atoms with Crippen LogP contribution < -0.4 is 0 Å². The molecular formula is C19H19ClN4O. The number of nitrogens with zero attached hydrogens (tertiary/aromatic N) is 4. The molecule has 0 saturated carbocycles. The van der Waals surface area contributed by atoms with E-state index >= 15 is 0 Å². The summed E-state index contributed by atoms with van der Waals surface area (Å²) in [7, 11) is 0. The molecule has 3 aromatic rings. The summed E-state index contributed by atoms with van der Waals surface area (Å²) in [6.07, 6.45) is 4.08. The van der Waals surface area contributed by atoms with E-state index in [1.54, 1.807) is 12.1 Å². The average Bonchev–Trinajstić information content (AvgIpc) is 3.04. The summed E-state index contributed by atoms with van der Waals surface area (Å²) in [5, 5.41) is 0.594. The Labute approximate surface area is 151 Å². The number of hydrogen-bond acceptors (Lipinski definition) is 3. The minimum atomic E-state index is 0.0508. The molecule has 0 spiro atoms. The number of imidazole rings is 1. The lowest BCUT2D eigenvalue weighted by molar-refractivity contribution is 0.0627. The van der Waals surface area contributed by atoms with Crippen molar-refractivity contribution < 1.29 is 4.79 Å². The SMILES string of the molecule is O=C(c1cccc(Cl)c1)N1CCN(Cc2cn3ccccc3n2)CC1. The van der Waals surface area contributed by atoms with Gasteiger partial charge in [-0.15, -0.1) is 0 Å². The van der Waals surface area contributed by atoms with Crippen molar-refractivity contribution in [1.82, 2.24) is 19.2 Å². The van der Waals surface area contributed by atoms with Gasteiger partial charge in [-0.2, -0.15) is 0 Å². The average molecular weight is 355 g/mol. The minimum absolute atomic E-state index is 0.0508. The summed E-state index contributed by atoms with van der Waals surface area (Å²) < 4.78 is 2.04. The lowest BCUT2D eigenvalue weighted by atomic mass is 10.2. The molecule has 3 heterocycles. The van der Waals surface area contributed by atoms with Crippen molar-refractivity contribution in [2.45, 2.75) is 6.54 Å². The largest absolute Gasteiger partial charge is 0.336 e. The number of amides is 1. The molecule has 0 aliphatic carbocycles. The first-order valence-electron chi connectivity index (χ1n) is 8.39.